The molecule has 0 aliphatic rings. The van der Waals surface area contributed by atoms with Crippen LogP contribution in [0.5, 0.6) is 0 Å². The summed E-state index contributed by atoms with van der Waals surface area (Å²) in [5.74, 6) is -0.171. The summed E-state index contributed by atoms with van der Waals surface area (Å²) in [4.78, 5) is 27.1. The number of nitrogens with zero attached hydrogens (tertiary/aromatic N) is 1. The molecule has 20 heavy (non-hydrogen) atoms. The van der Waals surface area contributed by atoms with Gasteiger partial charge in [-0.05, 0) is 31.4 Å². The van der Waals surface area contributed by atoms with E-state index in [0.717, 1.165) is 15.9 Å². The molecule has 0 saturated heterocycles. The number of carbonyl (C=O) groups is 2. The minimum Gasteiger partial charge on any atom is -0.325 e. The Balaban J connectivity index is 2.20. The van der Waals surface area contributed by atoms with Crippen molar-refractivity contribution in [2.24, 2.45) is 0 Å². The number of carbonyl (C=O) groups excluding carboxylic acids is 2. The Bertz CT molecular complexity index is 654. The van der Waals surface area contributed by atoms with Crippen molar-refractivity contribution in [3.63, 3.8) is 0 Å². The molecule has 0 saturated carbocycles. The van der Waals surface area contributed by atoms with Gasteiger partial charge in [0.05, 0.1) is 15.5 Å². The van der Waals surface area contributed by atoms with E-state index < -0.39 is 0 Å². The van der Waals surface area contributed by atoms with Gasteiger partial charge in [0.25, 0.3) is 0 Å². The number of rotatable bonds is 4. The Labute approximate surface area is 125 Å². The number of nitrogens with one attached hydrogen (secondary N) is 2. The van der Waals surface area contributed by atoms with E-state index in [0.29, 0.717) is 5.13 Å². The standard InChI is InChI=1S/C13H15N3O2S2/c1-7(19-3)12(18)15-9-4-5-10-11(6-9)20-13(16-10)14-8(2)17/h4-7H,1-3H3,(H,15,18)(H,14,16,17). The van der Waals surface area contributed by atoms with Crippen molar-refractivity contribution >= 4 is 55.9 Å². The number of hydrogen-bond acceptors (Lipinski definition) is 5. The molecule has 1 atom stereocenters. The molecule has 0 radical (unpaired) electrons. The maximum atomic E-state index is 11.8. The van der Waals surface area contributed by atoms with E-state index in [1.807, 2.05) is 31.4 Å². The van der Waals surface area contributed by atoms with E-state index in [1.165, 1.54) is 30.0 Å². The molecule has 0 bridgehead atoms. The molecule has 1 aromatic heterocycles. The highest BCUT2D eigenvalue weighted by atomic mass is 32.2. The van der Waals surface area contributed by atoms with Gasteiger partial charge in [-0.3, -0.25) is 9.59 Å². The van der Waals surface area contributed by atoms with Gasteiger partial charge in [0, 0.05) is 12.6 Å². The minimum absolute atomic E-state index is 0.0246. The first-order valence-electron chi connectivity index (χ1n) is 6.01. The highest BCUT2D eigenvalue weighted by Crippen LogP contribution is 2.28. The third kappa shape index (κ3) is 3.49. The Kier molecular flexibility index (Phi) is 4.61. The molecule has 0 aliphatic heterocycles. The zero-order chi connectivity index (χ0) is 14.7. The van der Waals surface area contributed by atoms with Gasteiger partial charge < -0.3 is 10.6 Å². The SMILES string of the molecule is CSC(C)C(=O)Nc1ccc2nc(NC(C)=O)sc2c1. The second kappa shape index (κ2) is 6.23. The van der Waals surface area contributed by atoms with E-state index in [1.54, 1.807) is 0 Å². The first-order valence-corrected chi connectivity index (χ1v) is 8.12. The summed E-state index contributed by atoms with van der Waals surface area (Å²) in [6.45, 7) is 3.31. The molecule has 0 spiro atoms. The second-order valence-corrected chi connectivity index (χ2v) is 6.46. The van der Waals surface area contributed by atoms with E-state index in [-0.39, 0.29) is 17.1 Å². The van der Waals surface area contributed by atoms with Crippen LogP contribution in [0, 0.1) is 0 Å². The quantitative estimate of drug-likeness (QED) is 0.911. The van der Waals surface area contributed by atoms with Crippen molar-refractivity contribution in [2.75, 3.05) is 16.9 Å². The van der Waals surface area contributed by atoms with Gasteiger partial charge in [0.2, 0.25) is 11.8 Å². The lowest BCUT2D eigenvalue weighted by atomic mass is 10.3. The first-order chi connectivity index (χ1) is 9.49. The van der Waals surface area contributed by atoms with Crippen LogP contribution >= 0.6 is 23.1 Å². The predicted octanol–water partition coefficient (Wildman–Crippen LogP) is 2.94. The lowest BCUT2D eigenvalue weighted by molar-refractivity contribution is -0.115. The van der Waals surface area contributed by atoms with Crippen molar-refractivity contribution in [2.45, 2.75) is 19.1 Å². The normalized spacial score (nSPS) is 12.2. The van der Waals surface area contributed by atoms with Crippen LogP contribution in [-0.4, -0.2) is 28.3 Å². The molecule has 0 fully saturated rings. The number of anilines is 2. The van der Waals surface area contributed by atoms with Crippen LogP contribution in [0.15, 0.2) is 18.2 Å². The van der Waals surface area contributed by atoms with E-state index in [9.17, 15) is 9.59 Å². The molecule has 1 unspecified atom stereocenters. The van der Waals surface area contributed by atoms with Crippen LogP contribution in [0.1, 0.15) is 13.8 Å². The summed E-state index contributed by atoms with van der Waals surface area (Å²) in [7, 11) is 0. The summed E-state index contributed by atoms with van der Waals surface area (Å²) < 4.78 is 0.920. The number of thiazole rings is 1. The lowest BCUT2D eigenvalue weighted by Gasteiger charge is -2.09. The second-order valence-electron chi connectivity index (χ2n) is 4.25. The van der Waals surface area contributed by atoms with Gasteiger partial charge in [-0.15, -0.1) is 0 Å². The van der Waals surface area contributed by atoms with Gasteiger partial charge in [-0.1, -0.05) is 11.3 Å². The fourth-order valence-electron chi connectivity index (χ4n) is 1.56. The van der Waals surface area contributed by atoms with Gasteiger partial charge in [-0.25, -0.2) is 4.98 Å². The molecule has 2 rings (SSSR count). The number of fused-ring (bicyclic) bond motifs is 1. The Hall–Kier alpha value is -1.60. The van der Waals surface area contributed by atoms with Crippen molar-refractivity contribution < 1.29 is 9.59 Å². The maximum Gasteiger partial charge on any atom is 0.237 e. The smallest absolute Gasteiger partial charge is 0.237 e. The fraction of sp³-hybridized carbons (Fsp3) is 0.308. The summed E-state index contributed by atoms with van der Waals surface area (Å²) >= 11 is 2.88. The van der Waals surface area contributed by atoms with E-state index >= 15 is 0 Å². The number of hydrogen-bond donors (Lipinski definition) is 2. The Morgan fingerprint density at radius 3 is 2.75 bits per heavy atom. The Morgan fingerprint density at radius 1 is 1.35 bits per heavy atom. The molecule has 106 valence electrons. The summed E-state index contributed by atoms with van der Waals surface area (Å²) in [5, 5.41) is 5.99. The van der Waals surface area contributed by atoms with Crippen LogP contribution in [0.3, 0.4) is 0 Å². The molecule has 2 aromatic rings. The topological polar surface area (TPSA) is 71.1 Å². The van der Waals surface area contributed by atoms with Gasteiger partial charge in [0.15, 0.2) is 5.13 Å². The highest BCUT2D eigenvalue weighted by molar-refractivity contribution is 7.99. The fourth-order valence-corrected chi connectivity index (χ4v) is 2.78. The van der Waals surface area contributed by atoms with Crippen LogP contribution in [-0.2, 0) is 9.59 Å². The van der Waals surface area contributed by atoms with Crippen molar-refractivity contribution in [3.05, 3.63) is 18.2 Å². The monoisotopic (exact) mass is 309 g/mol. The molecule has 2 N–H and O–H groups in total. The maximum absolute atomic E-state index is 11.8. The molecule has 1 heterocycles. The molecule has 7 heteroatoms. The number of thioether (sulfide) groups is 1. The molecule has 1 aromatic carbocycles. The van der Waals surface area contributed by atoms with Crippen LogP contribution in [0.25, 0.3) is 10.2 Å². The van der Waals surface area contributed by atoms with Crippen molar-refractivity contribution in [1.82, 2.24) is 4.98 Å². The number of benzene rings is 1. The van der Waals surface area contributed by atoms with E-state index in [2.05, 4.69) is 15.6 Å². The molecule has 0 aliphatic carbocycles. The van der Waals surface area contributed by atoms with Crippen molar-refractivity contribution in [1.29, 1.82) is 0 Å². The zero-order valence-corrected chi connectivity index (χ0v) is 13.0. The van der Waals surface area contributed by atoms with Gasteiger partial charge in [-0.2, -0.15) is 11.8 Å². The molecular formula is C13H15N3O2S2. The summed E-state index contributed by atoms with van der Waals surface area (Å²) in [6.07, 6.45) is 1.90. The summed E-state index contributed by atoms with van der Waals surface area (Å²) in [6, 6.07) is 5.50. The molecular weight excluding hydrogens is 294 g/mol. The van der Waals surface area contributed by atoms with Gasteiger partial charge >= 0.3 is 0 Å². The number of amides is 2. The zero-order valence-electron chi connectivity index (χ0n) is 11.4. The molecule has 5 nitrogen and oxygen atoms in total. The third-order valence-electron chi connectivity index (χ3n) is 2.66. The highest BCUT2D eigenvalue weighted by Gasteiger charge is 2.12. The lowest BCUT2D eigenvalue weighted by Crippen LogP contribution is -2.21. The van der Waals surface area contributed by atoms with E-state index in [4.69, 9.17) is 0 Å². The minimum atomic E-state index is -0.147. The summed E-state index contributed by atoms with van der Waals surface area (Å²) in [5.41, 5.74) is 1.54. The van der Waals surface area contributed by atoms with Crippen molar-refractivity contribution in [3.8, 4) is 0 Å². The third-order valence-corrected chi connectivity index (χ3v) is 4.52. The predicted molar refractivity (Wildman–Crippen MR) is 85.5 cm³/mol. The van der Waals surface area contributed by atoms with Crippen LogP contribution in [0.4, 0.5) is 10.8 Å². The average Bonchev–Trinajstić information content (AvgIpc) is 2.78. The molecule has 2 amide bonds. The first kappa shape index (κ1) is 14.8. The van der Waals surface area contributed by atoms with Crippen LogP contribution < -0.4 is 10.6 Å². The number of aromatic nitrogens is 1. The average molecular weight is 309 g/mol. The Morgan fingerprint density at radius 2 is 2.10 bits per heavy atom. The van der Waals surface area contributed by atoms with Gasteiger partial charge in [0.1, 0.15) is 0 Å². The largest absolute Gasteiger partial charge is 0.325 e. The van der Waals surface area contributed by atoms with Crippen LogP contribution in [0.2, 0.25) is 0 Å².